The number of carbonyl (C=O) groups excluding carboxylic acids is 1. The fourth-order valence-corrected chi connectivity index (χ4v) is 5.11. The molecule has 4 fully saturated rings. The number of urea groups is 1. The second-order valence-corrected chi connectivity index (χ2v) is 9.04. The maximum atomic E-state index is 11.9. The predicted octanol–water partition coefficient (Wildman–Crippen LogP) is 1.02. The number of anilines is 1. The summed E-state index contributed by atoms with van der Waals surface area (Å²) in [6, 6.07) is 2.50. The number of piperidine rings is 3. The maximum absolute atomic E-state index is 11.9. The zero-order chi connectivity index (χ0) is 20.2. The van der Waals surface area contributed by atoms with Crippen molar-refractivity contribution in [3.63, 3.8) is 0 Å². The van der Waals surface area contributed by atoms with Crippen LogP contribution in [0.5, 0.6) is 0 Å². The van der Waals surface area contributed by atoms with Crippen molar-refractivity contribution in [1.29, 1.82) is 0 Å². The molecule has 0 aliphatic carbocycles. The van der Waals surface area contributed by atoms with Gasteiger partial charge in [-0.25, -0.2) is 14.8 Å². The summed E-state index contributed by atoms with van der Waals surface area (Å²) in [4.78, 5) is 28.2. The molecule has 2 bridgehead atoms. The molecule has 1 aromatic rings. The van der Waals surface area contributed by atoms with Gasteiger partial charge >= 0.3 is 6.03 Å². The molecule has 0 radical (unpaired) electrons. The Bertz CT molecular complexity index is 662. The van der Waals surface area contributed by atoms with Crippen molar-refractivity contribution in [1.82, 2.24) is 30.4 Å². The zero-order valence-corrected chi connectivity index (χ0v) is 17.8. The lowest BCUT2D eigenvalue weighted by Gasteiger charge is -2.51. The number of amides is 2. The van der Waals surface area contributed by atoms with Crippen LogP contribution in [0.25, 0.3) is 0 Å². The van der Waals surface area contributed by atoms with Crippen LogP contribution in [0.1, 0.15) is 26.7 Å². The number of rotatable bonds is 6. The number of hydrogen-bond donors (Lipinski definition) is 2. The highest BCUT2D eigenvalue weighted by Crippen LogP contribution is 2.36. The van der Waals surface area contributed by atoms with Crippen molar-refractivity contribution in [2.75, 3.05) is 57.3 Å². The lowest BCUT2D eigenvalue weighted by atomic mass is 9.75. The monoisotopic (exact) mass is 401 g/mol. The van der Waals surface area contributed by atoms with E-state index in [0.717, 1.165) is 50.5 Å². The van der Waals surface area contributed by atoms with Gasteiger partial charge in [0, 0.05) is 70.3 Å². The third kappa shape index (κ3) is 5.17. The average molecular weight is 402 g/mol. The molecule has 2 amide bonds. The van der Waals surface area contributed by atoms with E-state index in [1.54, 1.807) is 0 Å². The Morgan fingerprint density at radius 3 is 2.59 bits per heavy atom. The number of hydrogen-bond acceptors (Lipinski definition) is 6. The van der Waals surface area contributed by atoms with Gasteiger partial charge in [-0.05, 0) is 51.1 Å². The third-order valence-electron chi connectivity index (χ3n) is 6.63. The van der Waals surface area contributed by atoms with E-state index in [4.69, 9.17) is 0 Å². The van der Waals surface area contributed by atoms with Gasteiger partial charge in [0.25, 0.3) is 0 Å². The number of piperazine rings is 1. The highest BCUT2D eigenvalue weighted by atomic mass is 16.2. The summed E-state index contributed by atoms with van der Waals surface area (Å²) >= 11 is 0. The van der Waals surface area contributed by atoms with Gasteiger partial charge in [-0.2, -0.15) is 0 Å². The van der Waals surface area contributed by atoms with Gasteiger partial charge in [0.1, 0.15) is 0 Å². The fraction of sp³-hybridized carbons (Fsp3) is 0.762. The second kappa shape index (κ2) is 9.26. The Kier molecular flexibility index (Phi) is 6.50. The van der Waals surface area contributed by atoms with Crippen molar-refractivity contribution >= 4 is 12.0 Å². The standard InChI is InChI=1S/C21H35N7O/c1-16(2)25-21(29)24-13-19-12-17-4-7-28(19)15-18(17)14-26-8-10-27(11-9-26)20-22-5-3-6-23-20/h3,5-6,16-19H,4,7-15H2,1-2H3,(H2,24,25,29)/t17-,18-,19+/m0/s1. The number of carbonyl (C=O) groups is 1. The molecule has 0 saturated carbocycles. The molecule has 8 heteroatoms. The highest BCUT2D eigenvalue weighted by molar-refractivity contribution is 5.74. The number of nitrogens with zero attached hydrogens (tertiary/aromatic N) is 5. The number of nitrogens with one attached hydrogen (secondary N) is 2. The van der Waals surface area contributed by atoms with Gasteiger partial charge in [0.05, 0.1) is 0 Å². The van der Waals surface area contributed by atoms with Gasteiger partial charge in [0.2, 0.25) is 5.95 Å². The van der Waals surface area contributed by atoms with E-state index >= 15 is 0 Å². The van der Waals surface area contributed by atoms with Crippen LogP contribution in [0.3, 0.4) is 0 Å². The molecular weight excluding hydrogens is 366 g/mol. The predicted molar refractivity (Wildman–Crippen MR) is 114 cm³/mol. The molecule has 5 rings (SSSR count). The Morgan fingerprint density at radius 2 is 1.93 bits per heavy atom. The van der Waals surface area contributed by atoms with Crippen LogP contribution in [0.2, 0.25) is 0 Å². The van der Waals surface area contributed by atoms with Crippen LogP contribution in [0.4, 0.5) is 10.7 Å². The molecule has 0 aromatic carbocycles. The van der Waals surface area contributed by atoms with E-state index in [9.17, 15) is 4.79 Å². The van der Waals surface area contributed by atoms with Crippen molar-refractivity contribution in [3.05, 3.63) is 18.5 Å². The SMILES string of the molecule is CC(C)NC(=O)NC[C@H]1C[C@@H]2CCN1C[C@@H]2CN1CCN(c2ncccn2)CC1. The van der Waals surface area contributed by atoms with Crippen molar-refractivity contribution in [3.8, 4) is 0 Å². The van der Waals surface area contributed by atoms with Crippen LogP contribution in [-0.4, -0.2) is 90.2 Å². The van der Waals surface area contributed by atoms with Crippen LogP contribution in [0.15, 0.2) is 18.5 Å². The summed E-state index contributed by atoms with van der Waals surface area (Å²) < 4.78 is 0. The summed E-state index contributed by atoms with van der Waals surface area (Å²) in [7, 11) is 0. The molecule has 4 atom stereocenters. The van der Waals surface area contributed by atoms with E-state index in [1.807, 2.05) is 32.3 Å². The lowest BCUT2D eigenvalue weighted by molar-refractivity contribution is -0.0115. The molecule has 29 heavy (non-hydrogen) atoms. The molecule has 4 aliphatic heterocycles. The van der Waals surface area contributed by atoms with Gasteiger partial charge in [-0.3, -0.25) is 9.80 Å². The molecule has 5 heterocycles. The molecule has 1 aromatic heterocycles. The largest absolute Gasteiger partial charge is 0.338 e. The second-order valence-electron chi connectivity index (χ2n) is 9.04. The third-order valence-corrected chi connectivity index (χ3v) is 6.63. The molecule has 2 N–H and O–H groups in total. The summed E-state index contributed by atoms with van der Waals surface area (Å²) in [5, 5.41) is 5.98. The molecule has 0 spiro atoms. The quantitative estimate of drug-likeness (QED) is 0.741. The average Bonchev–Trinajstić information content (AvgIpc) is 2.74. The Hall–Kier alpha value is -1.93. The molecule has 1 unspecified atom stereocenters. The minimum Gasteiger partial charge on any atom is -0.338 e. The smallest absolute Gasteiger partial charge is 0.315 e. The Morgan fingerprint density at radius 1 is 1.17 bits per heavy atom. The molecule has 160 valence electrons. The fourth-order valence-electron chi connectivity index (χ4n) is 5.11. The normalized spacial score (nSPS) is 29.8. The molecule has 8 nitrogen and oxygen atoms in total. The van der Waals surface area contributed by atoms with Crippen LogP contribution in [-0.2, 0) is 0 Å². The maximum Gasteiger partial charge on any atom is 0.315 e. The first-order valence-corrected chi connectivity index (χ1v) is 11.1. The molecular formula is C21H35N7O. The van der Waals surface area contributed by atoms with Gasteiger partial charge < -0.3 is 15.5 Å². The van der Waals surface area contributed by atoms with Crippen molar-refractivity contribution < 1.29 is 4.79 Å². The first-order chi connectivity index (χ1) is 14.1. The van der Waals surface area contributed by atoms with E-state index in [1.165, 1.54) is 32.5 Å². The highest BCUT2D eigenvalue weighted by Gasteiger charge is 2.40. The van der Waals surface area contributed by atoms with Gasteiger partial charge in [-0.15, -0.1) is 0 Å². The van der Waals surface area contributed by atoms with Crippen molar-refractivity contribution in [2.45, 2.75) is 38.8 Å². The van der Waals surface area contributed by atoms with E-state index in [2.05, 4.69) is 35.3 Å². The topological polar surface area (TPSA) is 76.6 Å². The molecule has 4 saturated heterocycles. The van der Waals surface area contributed by atoms with E-state index in [0.29, 0.717) is 6.04 Å². The van der Waals surface area contributed by atoms with Crippen LogP contribution in [0, 0.1) is 11.8 Å². The van der Waals surface area contributed by atoms with E-state index < -0.39 is 0 Å². The lowest BCUT2D eigenvalue weighted by Crippen LogP contribution is -2.60. The Balaban J connectivity index is 1.22. The van der Waals surface area contributed by atoms with Crippen LogP contribution >= 0.6 is 0 Å². The minimum atomic E-state index is -0.0422. The number of fused-ring (bicyclic) bond motifs is 3. The van der Waals surface area contributed by atoms with Gasteiger partial charge in [0.15, 0.2) is 0 Å². The van der Waals surface area contributed by atoms with Gasteiger partial charge in [-0.1, -0.05) is 0 Å². The first kappa shape index (κ1) is 20.3. The number of aromatic nitrogens is 2. The molecule has 4 aliphatic rings. The van der Waals surface area contributed by atoms with E-state index in [-0.39, 0.29) is 12.1 Å². The first-order valence-electron chi connectivity index (χ1n) is 11.1. The summed E-state index contributed by atoms with van der Waals surface area (Å²) in [6.45, 7) is 12.5. The summed E-state index contributed by atoms with van der Waals surface area (Å²) in [5.41, 5.74) is 0. The summed E-state index contributed by atoms with van der Waals surface area (Å²) in [6.07, 6.45) is 6.15. The zero-order valence-electron chi connectivity index (χ0n) is 17.8. The minimum absolute atomic E-state index is 0.0422. The Labute approximate surface area is 174 Å². The van der Waals surface area contributed by atoms with Crippen LogP contribution < -0.4 is 15.5 Å². The summed E-state index contributed by atoms with van der Waals surface area (Å²) in [5.74, 6) is 2.39. The van der Waals surface area contributed by atoms with Crippen molar-refractivity contribution in [2.24, 2.45) is 11.8 Å².